The van der Waals surface area contributed by atoms with Crippen LogP contribution >= 0.6 is 0 Å². The summed E-state index contributed by atoms with van der Waals surface area (Å²) in [5.41, 5.74) is 3.96. The summed E-state index contributed by atoms with van der Waals surface area (Å²) in [7, 11) is 0. The summed E-state index contributed by atoms with van der Waals surface area (Å²) in [6, 6.07) is 11.9. The number of anilines is 1. The molecule has 1 aliphatic heterocycles. The molecule has 1 fully saturated rings. The molecule has 0 unspecified atom stereocenters. The maximum atomic E-state index is 12.3. The number of ether oxygens (including phenoxy) is 1. The van der Waals surface area contributed by atoms with Gasteiger partial charge in [-0.15, -0.1) is 0 Å². The zero-order chi connectivity index (χ0) is 21.3. The molecule has 7 nitrogen and oxygen atoms in total. The number of rotatable bonds is 2. The summed E-state index contributed by atoms with van der Waals surface area (Å²) >= 11 is 0. The van der Waals surface area contributed by atoms with E-state index in [-0.39, 0.29) is 6.09 Å². The van der Waals surface area contributed by atoms with E-state index in [0.717, 1.165) is 40.9 Å². The first-order valence-corrected chi connectivity index (χ1v) is 10.0. The second-order valence-electron chi connectivity index (χ2n) is 8.44. The Balaban J connectivity index is 1.53. The molecule has 1 aromatic carbocycles. The van der Waals surface area contributed by atoms with Gasteiger partial charge in [-0.2, -0.15) is 5.26 Å². The van der Waals surface area contributed by atoms with Gasteiger partial charge in [0.2, 0.25) is 0 Å². The van der Waals surface area contributed by atoms with Gasteiger partial charge in [0.15, 0.2) is 0 Å². The summed E-state index contributed by atoms with van der Waals surface area (Å²) in [6.45, 7) is 8.29. The first-order chi connectivity index (χ1) is 14.3. The standard InChI is InChI=1S/C23H25N5O2/c1-23(2,3)30-22(29)28-9-7-27(8-10-28)18-12-19-20(15-26-21(19)25-14-18)17-6-4-5-16(11-17)13-24/h4-6,11-12,14-15H,7-10H2,1-3H3,(H,25,26). The van der Waals surface area contributed by atoms with E-state index in [1.165, 1.54) is 0 Å². The lowest BCUT2D eigenvalue weighted by Gasteiger charge is -2.36. The first kappa shape index (κ1) is 19.8. The summed E-state index contributed by atoms with van der Waals surface area (Å²) in [4.78, 5) is 24.1. The van der Waals surface area contributed by atoms with Gasteiger partial charge in [-0.25, -0.2) is 9.78 Å². The zero-order valence-corrected chi connectivity index (χ0v) is 17.5. The predicted molar refractivity (Wildman–Crippen MR) is 116 cm³/mol. The first-order valence-electron chi connectivity index (χ1n) is 10.0. The molecule has 30 heavy (non-hydrogen) atoms. The Morgan fingerprint density at radius 1 is 1.20 bits per heavy atom. The van der Waals surface area contributed by atoms with Gasteiger partial charge in [0, 0.05) is 43.3 Å². The van der Waals surface area contributed by atoms with Crippen LogP contribution in [0.15, 0.2) is 42.7 Å². The molecule has 0 saturated carbocycles. The van der Waals surface area contributed by atoms with E-state index in [1.54, 1.807) is 11.0 Å². The average molecular weight is 403 g/mol. The Morgan fingerprint density at radius 2 is 1.97 bits per heavy atom. The third-order valence-electron chi connectivity index (χ3n) is 5.12. The second kappa shape index (κ2) is 7.71. The average Bonchev–Trinajstić information content (AvgIpc) is 3.16. The number of aromatic nitrogens is 2. The Kier molecular flexibility index (Phi) is 5.08. The van der Waals surface area contributed by atoms with Crippen molar-refractivity contribution >= 4 is 22.8 Å². The maximum absolute atomic E-state index is 12.3. The van der Waals surface area contributed by atoms with Gasteiger partial charge in [-0.1, -0.05) is 12.1 Å². The zero-order valence-electron chi connectivity index (χ0n) is 17.5. The van der Waals surface area contributed by atoms with Gasteiger partial charge in [0.05, 0.1) is 23.5 Å². The Morgan fingerprint density at radius 3 is 2.67 bits per heavy atom. The molecule has 1 amide bonds. The van der Waals surface area contributed by atoms with E-state index in [1.807, 2.05) is 51.4 Å². The summed E-state index contributed by atoms with van der Waals surface area (Å²) in [5.74, 6) is 0. The molecular formula is C23H25N5O2. The number of pyridine rings is 1. The molecule has 1 aliphatic rings. The van der Waals surface area contributed by atoms with Crippen LogP contribution < -0.4 is 4.90 Å². The van der Waals surface area contributed by atoms with Gasteiger partial charge >= 0.3 is 6.09 Å². The second-order valence-corrected chi connectivity index (χ2v) is 8.44. The fourth-order valence-electron chi connectivity index (χ4n) is 3.63. The van der Waals surface area contributed by atoms with E-state index in [4.69, 9.17) is 4.74 Å². The number of fused-ring (bicyclic) bond motifs is 1. The lowest BCUT2D eigenvalue weighted by Crippen LogP contribution is -2.50. The number of carbonyl (C=O) groups excluding carboxylic acids is 1. The monoisotopic (exact) mass is 403 g/mol. The molecule has 0 radical (unpaired) electrons. The Hall–Kier alpha value is -3.53. The van der Waals surface area contributed by atoms with E-state index in [9.17, 15) is 10.1 Å². The Bertz CT molecular complexity index is 1110. The van der Waals surface area contributed by atoms with Crippen molar-refractivity contribution in [2.24, 2.45) is 0 Å². The predicted octanol–water partition coefficient (Wildman–Crippen LogP) is 4.16. The third-order valence-corrected chi connectivity index (χ3v) is 5.12. The molecule has 1 N–H and O–H groups in total. The van der Waals surface area contributed by atoms with Crippen LogP contribution in [0.2, 0.25) is 0 Å². The number of hydrogen-bond acceptors (Lipinski definition) is 5. The lowest BCUT2D eigenvalue weighted by molar-refractivity contribution is 0.0240. The number of aromatic amines is 1. The summed E-state index contributed by atoms with van der Waals surface area (Å²) in [5, 5.41) is 10.2. The fraction of sp³-hybridized carbons (Fsp3) is 0.348. The number of amides is 1. The minimum atomic E-state index is -0.489. The molecule has 1 saturated heterocycles. The molecule has 0 bridgehead atoms. The number of nitrogens with zero attached hydrogens (tertiary/aromatic N) is 4. The van der Waals surface area contributed by atoms with Gasteiger partial charge in [-0.05, 0) is 44.5 Å². The highest BCUT2D eigenvalue weighted by molar-refractivity contribution is 5.95. The summed E-state index contributed by atoms with van der Waals surface area (Å²) < 4.78 is 5.48. The highest BCUT2D eigenvalue weighted by Gasteiger charge is 2.26. The van der Waals surface area contributed by atoms with Crippen molar-refractivity contribution in [2.45, 2.75) is 26.4 Å². The highest BCUT2D eigenvalue weighted by atomic mass is 16.6. The van der Waals surface area contributed by atoms with Crippen molar-refractivity contribution in [2.75, 3.05) is 31.1 Å². The van der Waals surface area contributed by atoms with Crippen LogP contribution in [0, 0.1) is 11.3 Å². The number of benzene rings is 1. The lowest BCUT2D eigenvalue weighted by atomic mass is 10.0. The molecule has 3 heterocycles. The number of hydrogen-bond donors (Lipinski definition) is 1. The number of carbonyl (C=O) groups is 1. The van der Waals surface area contributed by atoms with Crippen molar-refractivity contribution in [3.8, 4) is 17.2 Å². The molecule has 7 heteroatoms. The smallest absolute Gasteiger partial charge is 0.410 e. The van der Waals surface area contributed by atoms with Gasteiger partial charge in [0.1, 0.15) is 11.2 Å². The number of piperazine rings is 1. The maximum Gasteiger partial charge on any atom is 0.410 e. The topological polar surface area (TPSA) is 85.2 Å². The molecule has 0 aliphatic carbocycles. The minimum absolute atomic E-state index is 0.263. The normalized spacial score (nSPS) is 14.6. The molecular weight excluding hydrogens is 378 g/mol. The number of nitriles is 1. The minimum Gasteiger partial charge on any atom is -0.444 e. The van der Waals surface area contributed by atoms with Crippen molar-refractivity contribution in [1.82, 2.24) is 14.9 Å². The largest absolute Gasteiger partial charge is 0.444 e. The van der Waals surface area contributed by atoms with Crippen molar-refractivity contribution in [3.05, 3.63) is 48.3 Å². The van der Waals surface area contributed by atoms with Gasteiger partial charge < -0.3 is 19.5 Å². The molecule has 2 aromatic heterocycles. The molecule has 4 rings (SSSR count). The van der Waals surface area contributed by atoms with Gasteiger partial charge in [-0.3, -0.25) is 0 Å². The van der Waals surface area contributed by atoms with Crippen LogP contribution in [-0.4, -0.2) is 52.7 Å². The van der Waals surface area contributed by atoms with Crippen LogP contribution in [0.5, 0.6) is 0 Å². The Labute approximate surface area is 175 Å². The van der Waals surface area contributed by atoms with Crippen LogP contribution in [0.25, 0.3) is 22.2 Å². The third kappa shape index (κ3) is 4.08. The molecule has 0 spiro atoms. The fourth-order valence-corrected chi connectivity index (χ4v) is 3.63. The van der Waals surface area contributed by atoms with Crippen molar-refractivity contribution < 1.29 is 9.53 Å². The van der Waals surface area contributed by atoms with Crippen LogP contribution in [-0.2, 0) is 4.74 Å². The van der Waals surface area contributed by atoms with E-state index >= 15 is 0 Å². The van der Waals surface area contributed by atoms with Crippen LogP contribution in [0.1, 0.15) is 26.3 Å². The van der Waals surface area contributed by atoms with Gasteiger partial charge in [0.25, 0.3) is 0 Å². The SMILES string of the molecule is CC(C)(C)OC(=O)N1CCN(c2cnc3[nH]cc(-c4cccc(C#N)c4)c3c2)CC1. The molecule has 3 aromatic rings. The van der Waals surface area contributed by atoms with Crippen LogP contribution in [0.4, 0.5) is 10.5 Å². The van der Waals surface area contributed by atoms with E-state index in [2.05, 4.69) is 27.0 Å². The number of nitrogens with one attached hydrogen (secondary N) is 1. The van der Waals surface area contributed by atoms with E-state index in [0.29, 0.717) is 18.7 Å². The van der Waals surface area contributed by atoms with Crippen molar-refractivity contribution in [1.29, 1.82) is 5.26 Å². The molecule has 0 atom stereocenters. The molecule has 154 valence electrons. The van der Waals surface area contributed by atoms with Crippen molar-refractivity contribution in [3.63, 3.8) is 0 Å². The number of H-pyrrole nitrogens is 1. The van der Waals surface area contributed by atoms with Crippen LogP contribution in [0.3, 0.4) is 0 Å². The highest BCUT2D eigenvalue weighted by Crippen LogP contribution is 2.31. The quantitative estimate of drug-likeness (QED) is 0.694. The van der Waals surface area contributed by atoms with E-state index < -0.39 is 5.60 Å². The summed E-state index contributed by atoms with van der Waals surface area (Å²) in [6.07, 6.45) is 3.52.